The number of aromatic nitrogens is 3. The summed E-state index contributed by atoms with van der Waals surface area (Å²) < 4.78 is 4.71. The highest BCUT2D eigenvalue weighted by Gasteiger charge is 2.64. The molecule has 0 spiro atoms. The molecule has 2 aliphatic carbocycles. The minimum absolute atomic E-state index is 0.0557. The van der Waals surface area contributed by atoms with Crippen molar-refractivity contribution in [3.63, 3.8) is 0 Å². The van der Waals surface area contributed by atoms with Gasteiger partial charge in [-0.05, 0) is 10.8 Å². The van der Waals surface area contributed by atoms with Crippen molar-refractivity contribution in [2.75, 3.05) is 0 Å². The molecule has 0 saturated heterocycles. The van der Waals surface area contributed by atoms with Gasteiger partial charge in [0.25, 0.3) is 0 Å². The summed E-state index contributed by atoms with van der Waals surface area (Å²) in [5.41, 5.74) is 0.400. The summed E-state index contributed by atoms with van der Waals surface area (Å²) in [6.07, 6.45) is 6.71. The van der Waals surface area contributed by atoms with Crippen LogP contribution in [0.4, 0.5) is 0 Å². The van der Waals surface area contributed by atoms with Gasteiger partial charge in [0.1, 0.15) is 0 Å². The van der Waals surface area contributed by atoms with Gasteiger partial charge in [-0.1, -0.05) is 65.3 Å². The van der Waals surface area contributed by atoms with Crippen LogP contribution in [0.1, 0.15) is 47.6 Å². The molecule has 5 rings (SSSR count). The first-order valence-electron chi connectivity index (χ1n) is 8.75. The summed E-state index contributed by atoms with van der Waals surface area (Å²) in [6, 6.07) is -0.0557. The molecule has 5 heteroatoms. The monoisotopic (exact) mass is 329 g/mol. The number of rotatable bonds is 0. The third-order valence-electron chi connectivity index (χ3n) is 6.40. The Morgan fingerprint density at radius 3 is 2.21 bits per heavy atom. The molecule has 3 heterocycles. The van der Waals surface area contributed by atoms with Gasteiger partial charge in [0.2, 0.25) is 0 Å². The molecular weight excluding hydrogens is 302 g/mol. The third-order valence-corrected chi connectivity index (χ3v) is 6.40. The first-order valence-corrected chi connectivity index (χ1v) is 8.75. The van der Waals surface area contributed by atoms with Crippen LogP contribution in [0, 0.1) is 22.7 Å². The molecule has 0 radical (unpaired) electrons. The van der Waals surface area contributed by atoms with Crippen molar-refractivity contribution in [3.8, 4) is 0 Å². The van der Waals surface area contributed by atoms with E-state index in [0.717, 1.165) is 0 Å². The van der Waals surface area contributed by atoms with E-state index in [1.807, 2.05) is 0 Å². The Kier molecular flexibility index (Phi) is 2.66. The highest BCUT2D eigenvalue weighted by Crippen LogP contribution is 2.64. The van der Waals surface area contributed by atoms with Gasteiger partial charge < -0.3 is 0 Å². The van der Waals surface area contributed by atoms with E-state index in [1.54, 1.807) is 16.4 Å². The molecule has 2 bridgehead atoms. The normalized spacial score (nSPS) is 33.8. The van der Waals surface area contributed by atoms with Crippen molar-refractivity contribution in [3.05, 3.63) is 44.8 Å². The Bertz CT molecular complexity index is 910. The van der Waals surface area contributed by atoms with Gasteiger partial charge in [0.15, 0.2) is 0 Å². The zero-order valence-electron chi connectivity index (χ0n) is 15.6. The average Bonchev–Trinajstić information content (AvgIpc) is 2.62. The Morgan fingerprint density at radius 2 is 1.67 bits per heavy atom. The van der Waals surface area contributed by atoms with Gasteiger partial charge >= 0.3 is 11.4 Å². The van der Waals surface area contributed by atoms with Crippen molar-refractivity contribution < 1.29 is 0 Å². The second kappa shape index (κ2) is 4.06. The molecule has 0 aromatic carbocycles. The van der Waals surface area contributed by atoms with E-state index < -0.39 is 5.54 Å². The Labute approximate surface area is 142 Å². The van der Waals surface area contributed by atoms with Gasteiger partial charge in [-0.2, -0.15) is 0 Å². The molecule has 4 atom stereocenters. The largest absolute Gasteiger partial charge is 0.347 e. The summed E-state index contributed by atoms with van der Waals surface area (Å²) in [4.78, 5) is 25.7. The molecule has 0 fully saturated rings. The fraction of sp³-hybridized carbons (Fsp3) is 0.684. The van der Waals surface area contributed by atoms with Crippen LogP contribution in [0.3, 0.4) is 0 Å². The second-order valence-electron chi connectivity index (χ2n) is 9.63. The van der Waals surface area contributed by atoms with Crippen LogP contribution in [0.15, 0.2) is 33.4 Å². The quantitative estimate of drug-likeness (QED) is 0.687. The summed E-state index contributed by atoms with van der Waals surface area (Å²) in [5.74, 6) is 0.565. The van der Waals surface area contributed by atoms with Crippen LogP contribution in [0.5, 0.6) is 0 Å². The first kappa shape index (κ1) is 15.7. The minimum atomic E-state index is -0.487. The van der Waals surface area contributed by atoms with Gasteiger partial charge in [0, 0.05) is 18.9 Å². The molecule has 1 aromatic heterocycles. The molecule has 0 unspecified atom stereocenters. The predicted molar refractivity (Wildman–Crippen MR) is 94.1 cm³/mol. The molecular formula is C19H27N3O2. The second-order valence-corrected chi connectivity index (χ2v) is 9.63. The lowest BCUT2D eigenvalue weighted by atomic mass is 9.48. The van der Waals surface area contributed by atoms with Gasteiger partial charge in [-0.25, -0.2) is 23.5 Å². The fourth-order valence-corrected chi connectivity index (χ4v) is 5.17. The summed E-state index contributed by atoms with van der Waals surface area (Å²) in [7, 11) is 1.58. The van der Waals surface area contributed by atoms with E-state index >= 15 is 0 Å². The minimum Gasteiger partial charge on any atom is -0.246 e. The molecule has 2 aliphatic heterocycles. The Hall–Kier alpha value is -1.78. The molecule has 4 aliphatic rings. The van der Waals surface area contributed by atoms with Crippen LogP contribution < -0.4 is 11.4 Å². The van der Waals surface area contributed by atoms with Crippen LogP contribution in [0.2, 0.25) is 0 Å². The van der Waals surface area contributed by atoms with E-state index in [1.165, 1.54) is 10.1 Å². The molecule has 5 nitrogen and oxygen atoms in total. The smallest absolute Gasteiger partial charge is 0.246 e. The zero-order chi connectivity index (χ0) is 17.8. The summed E-state index contributed by atoms with van der Waals surface area (Å²) in [5, 5.41) is 0. The average molecular weight is 329 g/mol. The van der Waals surface area contributed by atoms with Crippen LogP contribution >= 0.6 is 0 Å². The fourth-order valence-electron chi connectivity index (χ4n) is 5.17. The number of allylic oxidation sites excluding steroid dienone is 4. The molecule has 130 valence electrons. The number of hydrogen-bond acceptors (Lipinski definition) is 2. The van der Waals surface area contributed by atoms with E-state index in [-0.39, 0.29) is 34.2 Å². The van der Waals surface area contributed by atoms with Gasteiger partial charge in [-0.3, -0.25) is 0 Å². The maximum atomic E-state index is 12.9. The van der Waals surface area contributed by atoms with E-state index in [2.05, 4.69) is 59.8 Å². The molecule has 0 N–H and O–H groups in total. The molecule has 1 aromatic rings. The lowest BCUT2D eigenvalue weighted by Gasteiger charge is -2.63. The summed E-state index contributed by atoms with van der Waals surface area (Å²) in [6.45, 7) is 13.2. The Balaban J connectivity index is 2.08. The molecule has 0 amide bonds. The predicted octanol–water partition coefficient (Wildman–Crippen LogP) is 2.43. The number of hydrogen-bond donors (Lipinski definition) is 0. The first-order chi connectivity index (χ1) is 10.9. The lowest BCUT2D eigenvalue weighted by molar-refractivity contribution is -0.0385. The standard InChI is InChI=1S/C19H27N3O2/c1-17(2,3)11-10-12-14(11)13-8-9-19(12,18(4,5)6)22-16(24)20(7)15(23)21(13)22/h8-10,12-14H,1-7H3/t12-,13+,14-,19+/m1/s1. The SMILES string of the molecule is Cn1c(=O)n2n(c1=O)[C@@]1(C(C)(C)C)C=C[C@H]2[C@@H]2C(C(C)(C)C)=C[C@H]21. The van der Waals surface area contributed by atoms with Crippen LogP contribution in [0.25, 0.3) is 0 Å². The zero-order valence-corrected chi connectivity index (χ0v) is 15.6. The van der Waals surface area contributed by atoms with E-state index in [0.29, 0.717) is 5.92 Å². The topological polar surface area (TPSA) is 48.9 Å². The van der Waals surface area contributed by atoms with Crippen molar-refractivity contribution >= 4 is 0 Å². The molecule has 24 heavy (non-hydrogen) atoms. The van der Waals surface area contributed by atoms with Crippen LogP contribution in [-0.2, 0) is 12.6 Å². The maximum absolute atomic E-state index is 12.9. The van der Waals surface area contributed by atoms with Crippen molar-refractivity contribution in [1.29, 1.82) is 0 Å². The van der Waals surface area contributed by atoms with Crippen molar-refractivity contribution in [1.82, 2.24) is 13.9 Å². The lowest BCUT2D eigenvalue weighted by Crippen LogP contribution is -2.67. The highest BCUT2D eigenvalue weighted by molar-refractivity contribution is 5.41. The van der Waals surface area contributed by atoms with E-state index in [4.69, 9.17) is 0 Å². The van der Waals surface area contributed by atoms with Crippen molar-refractivity contribution in [2.45, 2.75) is 53.1 Å². The summed E-state index contributed by atoms with van der Waals surface area (Å²) >= 11 is 0. The Morgan fingerprint density at radius 1 is 1.04 bits per heavy atom. The highest BCUT2D eigenvalue weighted by atomic mass is 16.2. The van der Waals surface area contributed by atoms with Gasteiger partial charge in [-0.15, -0.1) is 0 Å². The van der Waals surface area contributed by atoms with Gasteiger partial charge in [0.05, 0.1) is 11.6 Å². The maximum Gasteiger partial charge on any atom is 0.347 e. The van der Waals surface area contributed by atoms with E-state index in [9.17, 15) is 9.59 Å². The van der Waals surface area contributed by atoms with Crippen molar-refractivity contribution in [2.24, 2.45) is 29.7 Å². The van der Waals surface area contributed by atoms with Crippen LogP contribution in [-0.4, -0.2) is 13.9 Å². The number of nitrogens with zero attached hydrogens (tertiary/aromatic N) is 3. The molecule has 0 saturated carbocycles. The third kappa shape index (κ3) is 1.47.